The van der Waals surface area contributed by atoms with E-state index in [0.29, 0.717) is 26.4 Å². The molecule has 15 heavy (non-hydrogen) atoms. The molecule has 0 saturated carbocycles. The highest BCUT2D eigenvalue weighted by molar-refractivity contribution is 9.11. The Kier molecular flexibility index (Phi) is 6.24. The second-order valence-corrected chi connectivity index (χ2v) is 4.51. The monoisotopic (exact) mass is 337 g/mol. The highest BCUT2D eigenvalue weighted by Gasteiger charge is 2.04. The summed E-state index contributed by atoms with van der Waals surface area (Å²) in [7, 11) is 0. The number of halogens is 2. The molecule has 0 saturated heterocycles. The number of para-hydroxylation sites is 1. The molecule has 0 heterocycles. The molecule has 0 radical (unpaired) electrons. The van der Waals surface area contributed by atoms with Gasteiger partial charge in [0.15, 0.2) is 0 Å². The molecule has 84 valence electrons. The predicted molar refractivity (Wildman–Crippen MR) is 67.2 cm³/mol. The highest BCUT2D eigenvalue weighted by atomic mass is 79.9. The molecule has 0 bridgehead atoms. The van der Waals surface area contributed by atoms with Gasteiger partial charge in [0, 0.05) is 6.54 Å². The van der Waals surface area contributed by atoms with E-state index in [2.05, 4.69) is 31.9 Å². The van der Waals surface area contributed by atoms with Crippen LogP contribution in [0.2, 0.25) is 0 Å². The van der Waals surface area contributed by atoms with Crippen LogP contribution in [-0.4, -0.2) is 26.4 Å². The topological polar surface area (TPSA) is 44.5 Å². The Morgan fingerprint density at radius 2 is 1.73 bits per heavy atom. The van der Waals surface area contributed by atoms with Gasteiger partial charge in [-0.25, -0.2) is 0 Å². The molecule has 0 aromatic heterocycles. The molecule has 0 amide bonds. The smallest absolute Gasteiger partial charge is 0.147 e. The molecule has 2 N–H and O–H groups in total. The van der Waals surface area contributed by atoms with E-state index in [4.69, 9.17) is 15.2 Å². The molecule has 1 aromatic carbocycles. The van der Waals surface area contributed by atoms with E-state index >= 15 is 0 Å². The van der Waals surface area contributed by atoms with Crippen LogP contribution >= 0.6 is 31.9 Å². The van der Waals surface area contributed by atoms with E-state index in [1.165, 1.54) is 0 Å². The fraction of sp³-hybridized carbons (Fsp3) is 0.400. The largest absolute Gasteiger partial charge is 0.489 e. The van der Waals surface area contributed by atoms with Crippen molar-refractivity contribution in [3.8, 4) is 5.75 Å². The van der Waals surface area contributed by atoms with Crippen LogP contribution in [0.15, 0.2) is 27.1 Å². The summed E-state index contributed by atoms with van der Waals surface area (Å²) in [5.74, 6) is 0.800. The molecule has 0 fully saturated rings. The highest BCUT2D eigenvalue weighted by Crippen LogP contribution is 2.32. The SMILES string of the molecule is NCCOCCOc1c(Br)cccc1Br. The van der Waals surface area contributed by atoms with Crippen molar-refractivity contribution >= 4 is 31.9 Å². The third-order valence-corrected chi connectivity index (χ3v) is 2.90. The normalized spacial score (nSPS) is 10.3. The van der Waals surface area contributed by atoms with Gasteiger partial charge in [-0.05, 0) is 44.0 Å². The third-order valence-electron chi connectivity index (χ3n) is 1.66. The standard InChI is InChI=1S/C10H13Br2NO2/c11-8-2-1-3-9(12)10(8)15-7-6-14-5-4-13/h1-3H,4-7,13H2. The van der Waals surface area contributed by atoms with Gasteiger partial charge in [0.2, 0.25) is 0 Å². The van der Waals surface area contributed by atoms with Crippen molar-refractivity contribution in [1.29, 1.82) is 0 Å². The van der Waals surface area contributed by atoms with Crippen molar-refractivity contribution in [2.45, 2.75) is 0 Å². The summed E-state index contributed by atoms with van der Waals surface area (Å²) in [5, 5.41) is 0. The fourth-order valence-electron chi connectivity index (χ4n) is 1.01. The summed E-state index contributed by atoms with van der Waals surface area (Å²) in [4.78, 5) is 0. The van der Waals surface area contributed by atoms with E-state index in [1.807, 2.05) is 18.2 Å². The summed E-state index contributed by atoms with van der Waals surface area (Å²) in [6.45, 7) is 2.17. The van der Waals surface area contributed by atoms with E-state index < -0.39 is 0 Å². The molecule has 5 heteroatoms. The van der Waals surface area contributed by atoms with Crippen LogP contribution in [0.25, 0.3) is 0 Å². The Morgan fingerprint density at radius 3 is 2.33 bits per heavy atom. The van der Waals surface area contributed by atoms with E-state index in [9.17, 15) is 0 Å². The van der Waals surface area contributed by atoms with Crippen molar-refractivity contribution in [2.24, 2.45) is 5.73 Å². The van der Waals surface area contributed by atoms with Crippen LogP contribution in [0.1, 0.15) is 0 Å². The number of hydrogen-bond acceptors (Lipinski definition) is 3. The van der Waals surface area contributed by atoms with Gasteiger partial charge >= 0.3 is 0 Å². The molecule has 0 aliphatic carbocycles. The first-order valence-corrected chi connectivity index (χ1v) is 6.19. The minimum Gasteiger partial charge on any atom is -0.489 e. The molecule has 3 nitrogen and oxygen atoms in total. The number of benzene rings is 1. The maximum atomic E-state index is 5.55. The first-order valence-electron chi connectivity index (χ1n) is 4.60. The average Bonchev–Trinajstić information content (AvgIpc) is 2.21. The number of nitrogens with two attached hydrogens (primary N) is 1. The maximum Gasteiger partial charge on any atom is 0.147 e. The molecular weight excluding hydrogens is 326 g/mol. The van der Waals surface area contributed by atoms with Crippen molar-refractivity contribution in [3.63, 3.8) is 0 Å². The van der Waals surface area contributed by atoms with Crippen molar-refractivity contribution in [2.75, 3.05) is 26.4 Å². The van der Waals surface area contributed by atoms with Crippen molar-refractivity contribution in [1.82, 2.24) is 0 Å². The van der Waals surface area contributed by atoms with E-state index in [0.717, 1.165) is 14.7 Å². The molecule has 0 aliphatic rings. The summed E-state index contributed by atoms with van der Waals surface area (Å²) in [6.07, 6.45) is 0. The summed E-state index contributed by atoms with van der Waals surface area (Å²) in [6, 6.07) is 5.80. The Bertz CT molecular complexity index is 287. The molecule has 0 unspecified atom stereocenters. The zero-order valence-electron chi connectivity index (χ0n) is 8.21. The Hall–Kier alpha value is -0.100. The van der Waals surface area contributed by atoms with E-state index in [1.54, 1.807) is 0 Å². The van der Waals surface area contributed by atoms with Gasteiger partial charge in [-0.15, -0.1) is 0 Å². The Labute approximate surface area is 106 Å². The Morgan fingerprint density at radius 1 is 1.07 bits per heavy atom. The predicted octanol–water partition coefficient (Wildman–Crippen LogP) is 2.57. The van der Waals surface area contributed by atoms with Gasteiger partial charge in [-0.3, -0.25) is 0 Å². The first-order chi connectivity index (χ1) is 7.25. The lowest BCUT2D eigenvalue weighted by atomic mass is 10.3. The van der Waals surface area contributed by atoms with Crippen LogP contribution in [0, 0.1) is 0 Å². The first kappa shape index (κ1) is 13.0. The number of rotatable bonds is 6. The number of ether oxygens (including phenoxy) is 2. The lowest BCUT2D eigenvalue weighted by Gasteiger charge is -2.09. The zero-order valence-corrected chi connectivity index (χ0v) is 11.4. The van der Waals surface area contributed by atoms with Gasteiger partial charge < -0.3 is 15.2 Å². The van der Waals surface area contributed by atoms with Crippen LogP contribution in [0.4, 0.5) is 0 Å². The van der Waals surface area contributed by atoms with E-state index in [-0.39, 0.29) is 0 Å². The minimum atomic E-state index is 0.515. The third kappa shape index (κ3) is 4.51. The molecule has 0 aliphatic heterocycles. The van der Waals surface area contributed by atoms with Crippen LogP contribution in [0.3, 0.4) is 0 Å². The second kappa shape index (κ2) is 7.22. The molecule has 0 atom stereocenters. The van der Waals surface area contributed by atoms with Crippen molar-refractivity contribution < 1.29 is 9.47 Å². The quantitative estimate of drug-likeness (QED) is 0.811. The average molecular weight is 339 g/mol. The van der Waals surface area contributed by atoms with Gasteiger partial charge in [0.05, 0.1) is 22.2 Å². The summed E-state index contributed by atoms with van der Waals surface area (Å²) < 4.78 is 12.6. The second-order valence-electron chi connectivity index (χ2n) is 2.80. The molecular formula is C10H13Br2NO2. The van der Waals surface area contributed by atoms with Crippen LogP contribution < -0.4 is 10.5 Å². The minimum absolute atomic E-state index is 0.515. The Balaban J connectivity index is 2.37. The molecule has 1 rings (SSSR count). The van der Waals surface area contributed by atoms with Crippen LogP contribution in [0.5, 0.6) is 5.75 Å². The number of hydrogen-bond donors (Lipinski definition) is 1. The lowest BCUT2D eigenvalue weighted by molar-refractivity contribution is 0.105. The maximum absolute atomic E-state index is 5.55. The lowest BCUT2D eigenvalue weighted by Crippen LogP contribution is -2.13. The van der Waals surface area contributed by atoms with Gasteiger partial charge in [-0.1, -0.05) is 6.07 Å². The van der Waals surface area contributed by atoms with Gasteiger partial charge in [0.25, 0.3) is 0 Å². The zero-order chi connectivity index (χ0) is 11.1. The van der Waals surface area contributed by atoms with Gasteiger partial charge in [-0.2, -0.15) is 0 Å². The fourth-order valence-corrected chi connectivity index (χ4v) is 2.24. The molecule has 1 aromatic rings. The summed E-state index contributed by atoms with van der Waals surface area (Å²) >= 11 is 6.83. The summed E-state index contributed by atoms with van der Waals surface area (Å²) in [5.41, 5.74) is 5.29. The van der Waals surface area contributed by atoms with Crippen LogP contribution in [-0.2, 0) is 4.74 Å². The molecule has 0 spiro atoms. The van der Waals surface area contributed by atoms with Gasteiger partial charge in [0.1, 0.15) is 12.4 Å². The van der Waals surface area contributed by atoms with Crippen molar-refractivity contribution in [3.05, 3.63) is 27.1 Å².